The van der Waals surface area contributed by atoms with E-state index in [9.17, 15) is 0 Å². The second-order valence-electron chi connectivity index (χ2n) is 1.50. The molecule has 0 saturated heterocycles. The molecule has 0 aliphatic carbocycles. The largest absolute Gasteiger partial charge is 0.310 e. The molecule has 15 heavy (non-hydrogen) atoms. The molecule has 0 spiro atoms. The topological polar surface area (TPSA) is 98.9 Å². The minimum absolute atomic E-state index is 0.750. The molecule has 0 aromatic heterocycles. The van der Waals surface area contributed by atoms with E-state index in [1.807, 2.05) is 30.3 Å². The Balaban J connectivity index is -0.000000154. The van der Waals surface area contributed by atoms with Crippen LogP contribution in [0.1, 0.15) is 0 Å². The Labute approximate surface area is 93.7 Å². The van der Waals surface area contributed by atoms with E-state index in [0.29, 0.717) is 0 Å². The highest BCUT2D eigenvalue weighted by Crippen LogP contribution is 2.03. The maximum atomic E-state index is 8.35. The summed E-state index contributed by atoms with van der Waals surface area (Å²) < 4.78 is 8.17. The Morgan fingerprint density at radius 2 is 1.27 bits per heavy atom. The van der Waals surface area contributed by atoms with Crippen LogP contribution in [-0.2, 0) is 14.2 Å². The Morgan fingerprint density at radius 3 is 1.40 bits per heavy atom. The van der Waals surface area contributed by atoms with E-state index < -0.39 is 0 Å². The third kappa shape index (κ3) is 32.8. The molecular weight excluding hydrogens is 239 g/mol. The van der Waals surface area contributed by atoms with Crippen LogP contribution in [0.5, 0.6) is 0 Å². The summed E-state index contributed by atoms with van der Waals surface area (Å²) in [5.41, 5.74) is 0. The fraction of sp³-hybridized carbons (Fsp3) is 0. The molecule has 0 amide bonds. The average Bonchev–Trinajstić information content (AvgIpc) is 2.24. The molecule has 2 N–H and O–H groups in total. The second kappa shape index (κ2) is 22.8. The molecule has 7 heteroatoms. The second-order valence-corrected chi connectivity index (χ2v) is 1.94. The predicted molar refractivity (Wildman–Crippen MR) is 58.7 cm³/mol. The quantitative estimate of drug-likeness (QED) is 0.418. The minimum Gasteiger partial charge on any atom is -0.222 e. The van der Waals surface area contributed by atoms with Crippen molar-refractivity contribution in [1.29, 1.82) is 10.8 Å². The highest BCUT2D eigenvalue weighted by Gasteiger charge is 1.74. The van der Waals surface area contributed by atoms with Gasteiger partial charge in [-0.05, 0) is 12.1 Å². The third-order valence-electron chi connectivity index (χ3n) is 0.733. The zero-order valence-electron chi connectivity index (χ0n) is 7.57. The molecule has 1 unspecified atom stereocenters. The molecular formula is C8H9ClN2O3P+. The Bertz CT molecular complexity index is 284. The Kier molecular flexibility index (Phi) is 29.0. The van der Waals surface area contributed by atoms with Crippen molar-refractivity contribution in [1.82, 2.24) is 0 Å². The van der Waals surface area contributed by atoms with Crippen molar-refractivity contribution >= 4 is 32.9 Å². The Morgan fingerprint density at radius 1 is 1.00 bits per heavy atom. The highest BCUT2D eigenvalue weighted by molar-refractivity contribution is 7.00. The van der Waals surface area contributed by atoms with Crippen LogP contribution in [-0.4, -0.2) is 12.2 Å². The maximum absolute atomic E-state index is 8.35. The van der Waals surface area contributed by atoms with Gasteiger partial charge in [-0.1, -0.05) is 34.4 Å². The maximum Gasteiger partial charge on any atom is 0.310 e. The fourth-order valence-corrected chi connectivity index (χ4v) is 0.560. The van der Waals surface area contributed by atoms with E-state index >= 15 is 0 Å². The molecule has 5 nitrogen and oxygen atoms in total. The van der Waals surface area contributed by atoms with Gasteiger partial charge in [0.2, 0.25) is 12.2 Å². The lowest BCUT2D eigenvalue weighted by molar-refractivity contribution is 0.562. The predicted octanol–water partition coefficient (Wildman–Crippen LogP) is 2.35. The summed E-state index contributed by atoms with van der Waals surface area (Å²) in [4.78, 5) is 16.7. The van der Waals surface area contributed by atoms with Crippen molar-refractivity contribution in [3.8, 4) is 0 Å². The molecule has 0 radical (unpaired) electrons. The zero-order valence-corrected chi connectivity index (χ0v) is 9.48. The van der Waals surface area contributed by atoms with Crippen LogP contribution in [0, 0.1) is 10.8 Å². The fourth-order valence-electron chi connectivity index (χ4n) is 0.415. The van der Waals surface area contributed by atoms with Gasteiger partial charge >= 0.3 is 9.12 Å². The summed E-state index contributed by atoms with van der Waals surface area (Å²) in [6.45, 7) is 0. The summed E-state index contributed by atoms with van der Waals surface area (Å²) in [6, 6.07) is 9.44. The molecule has 0 aliphatic heterocycles. The van der Waals surface area contributed by atoms with Crippen LogP contribution in [0.15, 0.2) is 30.3 Å². The van der Waals surface area contributed by atoms with Gasteiger partial charge in [-0.2, -0.15) is 0 Å². The van der Waals surface area contributed by atoms with Gasteiger partial charge in [-0.3, -0.25) is 0 Å². The van der Waals surface area contributed by atoms with Gasteiger partial charge in [0.15, 0.2) is 0 Å². The van der Waals surface area contributed by atoms with Crippen LogP contribution in [0.3, 0.4) is 0 Å². The van der Waals surface area contributed by atoms with Gasteiger partial charge < -0.3 is 0 Å². The first kappa shape index (κ1) is 19.0. The number of rotatable bonds is 0. The van der Waals surface area contributed by atoms with Gasteiger partial charge in [0.1, 0.15) is 0 Å². The number of hydrogen-bond donors (Lipinski definition) is 2. The average molecular weight is 248 g/mol. The van der Waals surface area contributed by atoms with E-state index in [4.69, 9.17) is 36.6 Å². The molecule has 0 heterocycles. The highest BCUT2D eigenvalue weighted by atomic mass is 35.5. The first-order valence-corrected chi connectivity index (χ1v) is 4.09. The van der Waals surface area contributed by atoms with Crippen LogP contribution in [0.4, 0.5) is 0 Å². The van der Waals surface area contributed by atoms with E-state index in [-0.39, 0.29) is 0 Å². The van der Waals surface area contributed by atoms with Crippen molar-refractivity contribution in [2.75, 3.05) is 0 Å². The van der Waals surface area contributed by atoms with Crippen molar-refractivity contribution in [2.24, 2.45) is 0 Å². The third-order valence-corrected chi connectivity index (χ3v) is 0.985. The van der Waals surface area contributed by atoms with Gasteiger partial charge in [0.25, 0.3) is 0 Å². The smallest absolute Gasteiger partial charge is 0.222 e. The van der Waals surface area contributed by atoms with Crippen LogP contribution in [0.2, 0.25) is 5.02 Å². The molecule has 0 aliphatic rings. The van der Waals surface area contributed by atoms with Gasteiger partial charge in [-0.25, -0.2) is 20.4 Å². The molecule has 0 saturated carbocycles. The number of isocyanates is 2. The minimum atomic E-state index is 0.750. The van der Waals surface area contributed by atoms with E-state index in [1.54, 1.807) is 0 Å². The van der Waals surface area contributed by atoms with E-state index in [2.05, 4.69) is 0 Å². The number of halogens is 1. The van der Waals surface area contributed by atoms with Gasteiger partial charge in [-0.15, -0.1) is 0 Å². The number of nitrogens with one attached hydrogen (secondary N) is 2. The SMILES string of the molecule is Clc1ccccc1.N=C=O.N=C=O.O=[PH2+]. The van der Waals surface area contributed by atoms with E-state index in [1.165, 1.54) is 9.12 Å². The van der Waals surface area contributed by atoms with Gasteiger partial charge in [0.05, 0.1) is 0 Å². The first-order valence-electron chi connectivity index (χ1n) is 3.24. The van der Waals surface area contributed by atoms with Crippen LogP contribution < -0.4 is 0 Å². The van der Waals surface area contributed by atoms with Crippen molar-refractivity contribution < 1.29 is 14.2 Å². The van der Waals surface area contributed by atoms with Crippen molar-refractivity contribution in [3.05, 3.63) is 35.4 Å². The van der Waals surface area contributed by atoms with Crippen molar-refractivity contribution in [2.45, 2.75) is 0 Å². The summed E-state index contributed by atoms with van der Waals surface area (Å²) in [6.07, 6.45) is 1.50. The van der Waals surface area contributed by atoms with Crippen molar-refractivity contribution in [3.63, 3.8) is 0 Å². The zero-order chi connectivity index (χ0) is 12.5. The normalized spacial score (nSPS) is 5.40. The summed E-state index contributed by atoms with van der Waals surface area (Å²) >= 11 is 5.54. The van der Waals surface area contributed by atoms with E-state index in [0.717, 1.165) is 17.2 Å². The molecule has 0 fully saturated rings. The summed E-state index contributed by atoms with van der Waals surface area (Å²) in [5, 5.41) is 11.6. The number of carbonyl (C=O) groups excluding carboxylic acids is 2. The lowest BCUT2D eigenvalue weighted by Gasteiger charge is -1.80. The van der Waals surface area contributed by atoms with Gasteiger partial charge in [0, 0.05) is 5.02 Å². The first-order chi connectivity index (χ1) is 7.22. The standard InChI is InChI=1S/C6H5Cl.2CHNO.H2OP/c7-6-4-2-1-3-5-6;2*2-1-3;1-2/h1-5H;2*2H;2H2/q;;;+1. The monoisotopic (exact) mass is 247 g/mol. The summed E-state index contributed by atoms with van der Waals surface area (Å²) in [7, 11) is 1.17. The molecule has 1 atom stereocenters. The Hall–Kier alpha value is -1.63. The van der Waals surface area contributed by atoms with Crippen LogP contribution in [0.25, 0.3) is 0 Å². The molecule has 1 rings (SSSR count). The number of benzene rings is 1. The molecule has 1 aromatic rings. The summed E-state index contributed by atoms with van der Waals surface area (Å²) in [5.74, 6) is 0. The lowest BCUT2D eigenvalue weighted by Crippen LogP contribution is -1.55. The van der Waals surface area contributed by atoms with Crippen LogP contribution >= 0.6 is 20.7 Å². The molecule has 0 bridgehead atoms. The number of hydrogen-bond acceptors (Lipinski definition) is 5. The lowest BCUT2D eigenvalue weighted by atomic mass is 10.4. The molecule has 80 valence electrons. The molecule has 1 aromatic carbocycles.